The molecule has 146 valence electrons. The van der Waals surface area contributed by atoms with Crippen LogP contribution in [0.1, 0.15) is 25.3 Å². The fourth-order valence-electron chi connectivity index (χ4n) is 2.57. The fraction of sp³-hybridized carbons (Fsp3) is 0.238. The summed E-state index contributed by atoms with van der Waals surface area (Å²) in [5, 5.41) is 16.3. The molecule has 3 rings (SSSR count). The number of hydrogen-bond acceptors (Lipinski definition) is 5. The molecule has 2 aromatic carbocycles. The van der Waals surface area contributed by atoms with Crippen molar-refractivity contribution in [3.63, 3.8) is 0 Å². The van der Waals surface area contributed by atoms with Crippen molar-refractivity contribution in [3.8, 4) is 22.8 Å². The second kappa shape index (κ2) is 9.32. The molecule has 5 nitrogen and oxygen atoms in total. The van der Waals surface area contributed by atoms with Gasteiger partial charge in [0.25, 0.3) is 0 Å². The lowest BCUT2D eigenvalue weighted by Crippen LogP contribution is -2.12. The molecular weight excluding hydrogens is 377 g/mol. The Morgan fingerprint density at radius 2 is 2.00 bits per heavy atom. The van der Waals surface area contributed by atoms with E-state index in [1.54, 1.807) is 41.2 Å². The highest BCUT2D eigenvalue weighted by Gasteiger charge is 2.08. The van der Waals surface area contributed by atoms with E-state index in [0.29, 0.717) is 5.75 Å². The molecule has 0 fully saturated rings. The first kappa shape index (κ1) is 19.8. The number of methoxy groups -OCH3 is 1. The van der Waals surface area contributed by atoms with Crippen LogP contribution in [0.25, 0.3) is 11.3 Å². The number of halogens is 1. The molecule has 28 heavy (non-hydrogen) atoms. The number of hydrogen-bond donors (Lipinski definition) is 1. The van der Waals surface area contributed by atoms with Gasteiger partial charge in [0.15, 0.2) is 11.5 Å². The van der Waals surface area contributed by atoms with Crippen LogP contribution >= 0.6 is 11.3 Å². The number of ether oxygens (including phenoxy) is 1. The summed E-state index contributed by atoms with van der Waals surface area (Å²) in [6.07, 6.45) is 3.75. The van der Waals surface area contributed by atoms with Crippen LogP contribution in [0.15, 0.2) is 57.9 Å². The van der Waals surface area contributed by atoms with Gasteiger partial charge in [-0.25, -0.2) is 9.07 Å². The maximum absolute atomic E-state index is 13.3. The van der Waals surface area contributed by atoms with E-state index in [0.717, 1.165) is 41.0 Å². The maximum atomic E-state index is 13.3. The summed E-state index contributed by atoms with van der Waals surface area (Å²) >= 11 is 1.49. The molecule has 0 aliphatic heterocycles. The van der Waals surface area contributed by atoms with Gasteiger partial charge in [-0.2, -0.15) is 5.10 Å². The predicted octanol–water partition coefficient (Wildman–Crippen LogP) is 4.65. The van der Waals surface area contributed by atoms with Crippen molar-refractivity contribution >= 4 is 17.6 Å². The number of benzene rings is 2. The molecule has 3 aromatic rings. The third-order valence-corrected chi connectivity index (χ3v) is 4.96. The number of aromatic hydroxyl groups is 1. The number of nitrogens with zero attached hydrogens (tertiary/aromatic N) is 3. The van der Waals surface area contributed by atoms with Crippen molar-refractivity contribution in [2.24, 2.45) is 10.1 Å². The molecule has 0 saturated carbocycles. The Morgan fingerprint density at radius 3 is 2.71 bits per heavy atom. The highest BCUT2D eigenvalue weighted by molar-refractivity contribution is 7.07. The van der Waals surface area contributed by atoms with Crippen LogP contribution in [0.3, 0.4) is 0 Å². The van der Waals surface area contributed by atoms with E-state index in [-0.39, 0.29) is 11.6 Å². The smallest absolute Gasteiger partial charge is 0.206 e. The summed E-state index contributed by atoms with van der Waals surface area (Å²) in [5.41, 5.74) is 2.47. The molecule has 1 N–H and O–H groups in total. The molecular formula is C21H22FN3O2S. The largest absolute Gasteiger partial charge is 0.504 e. The van der Waals surface area contributed by atoms with E-state index < -0.39 is 0 Å². The summed E-state index contributed by atoms with van der Waals surface area (Å²) in [7, 11) is 1.50. The zero-order valence-electron chi connectivity index (χ0n) is 15.8. The SMILES string of the molecule is CCCCN=c1scc(-c2ccc(F)cc2)n1/N=C/c1ccc(O)c(OC)c1. The van der Waals surface area contributed by atoms with Crippen LogP contribution in [-0.4, -0.2) is 29.7 Å². The Kier molecular flexibility index (Phi) is 6.60. The van der Waals surface area contributed by atoms with Gasteiger partial charge in [0.05, 0.1) is 19.0 Å². The molecule has 7 heteroatoms. The molecule has 0 saturated heterocycles. The lowest BCUT2D eigenvalue weighted by Gasteiger charge is -2.05. The van der Waals surface area contributed by atoms with Crippen LogP contribution in [0, 0.1) is 5.82 Å². The molecule has 1 heterocycles. The first-order valence-electron chi connectivity index (χ1n) is 9.00. The Balaban J connectivity index is 2.02. The fourth-order valence-corrected chi connectivity index (χ4v) is 3.43. The summed E-state index contributed by atoms with van der Waals surface area (Å²) in [6.45, 7) is 2.85. The Hall–Kier alpha value is -2.93. The molecule has 0 radical (unpaired) electrons. The Bertz CT molecular complexity index is 1020. The van der Waals surface area contributed by atoms with Gasteiger partial charge in [-0.1, -0.05) is 13.3 Å². The average Bonchev–Trinajstić information content (AvgIpc) is 3.11. The quantitative estimate of drug-likeness (QED) is 0.464. The average molecular weight is 399 g/mol. The Labute approximate surface area is 167 Å². The van der Waals surface area contributed by atoms with Crippen molar-refractivity contribution in [2.45, 2.75) is 19.8 Å². The minimum absolute atomic E-state index is 0.0742. The summed E-state index contributed by atoms with van der Waals surface area (Å²) in [4.78, 5) is 5.42. The van der Waals surface area contributed by atoms with Crippen molar-refractivity contribution < 1.29 is 14.2 Å². The van der Waals surface area contributed by atoms with Gasteiger partial charge >= 0.3 is 0 Å². The number of unbranched alkanes of at least 4 members (excludes halogenated alkanes) is 1. The van der Waals surface area contributed by atoms with Crippen LogP contribution < -0.4 is 9.54 Å². The first-order valence-corrected chi connectivity index (χ1v) is 9.88. The highest BCUT2D eigenvalue weighted by atomic mass is 32.1. The molecule has 0 atom stereocenters. The van der Waals surface area contributed by atoms with E-state index >= 15 is 0 Å². The first-order chi connectivity index (χ1) is 13.6. The zero-order valence-corrected chi connectivity index (χ0v) is 16.6. The summed E-state index contributed by atoms with van der Waals surface area (Å²) < 4.78 is 20.2. The van der Waals surface area contributed by atoms with Crippen molar-refractivity contribution in [1.29, 1.82) is 0 Å². The monoisotopic (exact) mass is 399 g/mol. The lowest BCUT2D eigenvalue weighted by atomic mass is 10.2. The van der Waals surface area contributed by atoms with E-state index in [1.807, 2.05) is 5.38 Å². The number of rotatable bonds is 7. The third-order valence-electron chi connectivity index (χ3n) is 4.11. The minimum Gasteiger partial charge on any atom is -0.504 e. The summed E-state index contributed by atoms with van der Waals surface area (Å²) in [6, 6.07) is 11.3. The maximum Gasteiger partial charge on any atom is 0.206 e. The van der Waals surface area contributed by atoms with Crippen LogP contribution in [0.2, 0.25) is 0 Å². The zero-order chi connectivity index (χ0) is 19.9. The number of aromatic nitrogens is 1. The third kappa shape index (κ3) is 4.67. The molecule has 0 bridgehead atoms. The molecule has 0 unspecified atom stereocenters. The highest BCUT2D eigenvalue weighted by Crippen LogP contribution is 2.26. The summed E-state index contributed by atoms with van der Waals surface area (Å²) in [5.74, 6) is 0.175. The normalized spacial score (nSPS) is 12.0. The molecule has 0 amide bonds. The Morgan fingerprint density at radius 1 is 1.21 bits per heavy atom. The van der Waals surface area contributed by atoms with Crippen LogP contribution in [0.4, 0.5) is 4.39 Å². The van der Waals surface area contributed by atoms with Gasteiger partial charge in [0, 0.05) is 17.5 Å². The lowest BCUT2D eigenvalue weighted by molar-refractivity contribution is 0.373. The van der Waals surface area contributed by atoms with Crippen molar-refractivity contribution in [3.05, 3.63) is 64.0 Å². The van der Waals surface area contributed by atoms with Crippen molar-refractivity contribution in [2.75, 3.05) is 13.7 Å². The second-order valence-electron chi connectivity index (χ2n) is 6.13. The van der Waals surface area contributed by atoms with Crippen LogP contribution in [-0.2, 0) is 0 Å². The van der Waals surface area contributed by atoms with E-state index in [1.165, 1.54) is 30.6 Å². The van der Waals surface area contributed by atoms with Gasteiger partial charge < -0.3 is 9.84 Å². The predicted molar refractivity (Wildman–Crippen MR) is 111 cm³/mol. The van der Waals surface area contributed by atoms with Crippen LogP contribution in [0.5, 0.6) is 11.5 Å². The van der Waals surface area contributed by atoms with Gasteiger partial charge in [-0.15, -0.1) is 11.3 Å². The van der Waals surface area contributed by atoms with Gasteiger partial charge in [-0.05, 0) is 54.4 Å². The van der Waals surface area contributed by atoms with Gasteiger partial charge in [-0.3, -0.25) is 4.99 Å². The topological polar surface area (TPSA) is 59.1 Å². The minimum atomic E-state index is -0.280. The molecule has 0 aliphatic carbocycles. The number of phenols is 1. The number of thiazole rings is 1. The molecule has 0 aliphatic rings. The van der Waals surface area contributed by atoms with Crippen molar-refractivity contribution in [1.82, 2.24) is 4.68 Å². The molecule has 0 spiro atoms. The molecule has 1 aromatic heterocycles. The van der Waals surface area contributed by atoms with E-state index in [9.17, 15) is 9.50 Å². The van der Waals surface area contributed by atoms with E-state index in [4.69, 9.17) is 4.74 Å². The van der Waals surface area contributed by atoms with Gasteiger partial charge in [0.2, 0.25) is 4.80 Å². The number of phenolic OH excluding ortho intramolecular Hbond substituents is 1. The second-order valence-corrected chi connectivity index (χ2v) is 6.97. The van der Waals surface area contributed by atoms with E-state index in [2.05, 4.69) is 17.0 Å². The standard InChI is InChI=1S/C21H22FN3O2S/c1-3-4-11-23-21-25(18(14-28-21)16-6-8-17(22)9-7-16)24-13-15-5-10-19(26)20(12-15)27-2/h5-10,12-14,26H,3-4,11H2,1-2H3/b23-21?,24-13+. The van der Waals surface area contributed by atoms with Gasteiger partial charge in [0.1, 0.15) is 5.82 Å².